The number of alkyl halides is 3. The fraction of sp³-hybridized carbons (Fsp3) is 0.500. The van der Waals surface area contributed by atoms with Crippen molar-refractivity contribution in [1.29, 1.82) is 0 Å². The Hall–Kier alpha value is -2.05. The Labute approximate surface area is 132 Å². The van der Waals surface area contributed by atoms with Gasteiger partial charge in [0, 0.05) is 19.5 Å². The molecule has 1 aliphatic heterocycles. The fourth-order valence-electron chi connectivity index (χ4n) is 2.65. The van der Waals surface area contributed by atoms with E-state index in [0.717, 1.165) is 12.1 Å². The molecule has 1 aromatic carbocycles. The van der Waals surface area contributed by atoms with Crippen molar-refractivity contribution in [2.24, 2.45) is 5.92 Å². The first kappa shape index (κ1) is 17.3. The molecule has 0 aromatic heterocycles. The van der Waals surface area contributed by atoms with E-state index in [1.54, 1.807) is 17.9 Å². The number of carbonyl (C=O) groups excluding carboxylic acids is 2. The van der Waals surface area contributed by atoms with Gasteiger partial charge in [0.25, 0.3) is 0 Å². The summed E-state index contributed by atoms with van der Waals surface area (Å²) in [5.41, 5.74) is -0.367. The second-order valence-corrected chi connectivity index (χ2v) is 5.69. The summed E-state index contributed by atoms with van der Waals surface area (Å²) in [6.07, 6.45) is -4.27. The monoisotopic (exact) mass is 328 g/mol. The van der Waals surface area contributed by atoms with Gasteiger partial charge in [-0.15, -0.1) is 0 Å². The van der Waals surface area contributed by atoms with Gasteiger partial charge in [-0.2, -0.15) is 13.2 Å². The Morgan fingerprint density at radius 3 is 2.70 bits per heavy atom. The van der Waals surface area contributed by atoms with Crippen molar-refractivity contribution in [3.05, 3.63) is 35.4 Å². The van der Waals surface area contributed by atoms with Crippen molar-refractivity contribution in [2.45, 2.75) is 32.5 Å². The van der Waals surface area contributed by atoms with Gasteiger partial charge in [-0.3, -0.25) is 9.59 Å². The summed E-state index contributed by atoms with van der Waals surface area (Å²) in [5.74, 6) is -0.825. The topological polar surface area (TPSA) is 49.4 Å². The second kappa shape index (κ2) is 6.60. The molecule has 0 radical (unpaired) electrons. The lowest BCUT2D eigenvalue weighted by molar-refractivity contribution is -0.137. The van der Waals surface area contributed by atoms with Gasteiger partial charge in [0.1, 0.15) is 0 Å². The molecule has 2 unspecified atom stereocenters. The van der Waals surface area contributed by atoms with Crippen LogP contribution in [0.15, 0.2) is 24.3 Å². The summed E-state index contributed by atoms with van der Waals surface area (Å²) in [7, 11) is 0. The molecule has 7 heteroatoms. The van der Waals surface area contributed by atoms with Crippen LogP contribution in [0.1, 0.15) is 37.4 Å². The first-order chi connectivity index (χ1) is 10.7. The van der Waals surface area contributed by atoms with Crippen molar-refractivity contribution in [1.82, 2.24) is 10.2 Å². The summed E-state index contributed by atoms with van der Waals surface area (Å²) in [5, 5.41) is 2.70. The molecule has 0 spiro atoms. The van der Waals surface area contributed by atoms with E-state index in [1.165, 1.54) is 6.07 Å². The molecule has 1 aliphatic rings. The number of rotatable bonds is 4. The minimum Gasteiger partial charge on any atom is -0.349 e. The van der Waals surface area contributed by atoms with Crippen molar-refractivity contribution in [3.63, 3.8) is 0 Å². The van der Waals surface area contributed by atoms with E-state index in [-0.39, 0.29) is 18.2 Å². The number of amides is 2. The Kier molecular flexibility index (Phi) is 4.97. The normalized spacial score (nSPS) is 19.8. The average molecular weight is 328 g/mol. The Balaban J connectivity index is 2.03. The molecule has 2 atom stereocenters. The zero-order chi connectivity index (χ0) is 17.2. The molecule has 0 aliphatic carbocycles. The zero-order valence-electron chi connectivity index (χ0n) is 13.0. The van der Waals surface area contributed by atoms with Gasteiger partial charge in [-0.1, -0.05) is 12.1 Å². The molecule has 1 fully saturated rings. The average Bonchev–Trinajstić information content (AvgIpc) is 2.87. The number of benzene rings is 1. The van der Waals surface area contributed by atoms with Gasteiger partial charge in [-0.05, 0) is 31.5 Å². The summed E-state index contributed by atoms with van der Waals surface area (Å²) < 4.78 is 38.2. The third-order valence-corrected chi connectivity index (χ3v) is 4.04. The predicted octanol–water partition coefficient (Wildman–Crippen LogP) is 2.75. The maximum atomic E-state index is 12.7. The van der Waals surface area contributed by atoms with E-state index in [9.17, 15) is 22.8 Å². The van der Waals surface area contributed by atoms with E-state index < -0.39 is 23.7 Å². The highest BCUT2D eigenvalue weighted by atomic mass is 19.4. The summed E-state index contributed by atoms with van der Waals surface area (Å²) in [4.78, 5) is 25.5. The first-order valence-corrected chi connectivity index (χ1v) is 7.47. The Morgan fingerprint density at radius 1 is 1.43 bits per heavy atom. The first-order valence-electron chi connectivity index (χ1n) is 7.47. The molecule has 126 valence electrons. The van der Waals surface area contributed by atoms with Crippen molar-refractivity contribution in [3.8, 4) is 0 Å². The smallest absolute Gasteiger partial charge is 0.349 e. The van der Waals surface area contributed by atoms with Crippen LogP contribution in [0.2, 0.25) is 0 Å². The fourth-order valence-corrected chi connectivity index (χ4v) is 2.65. The second-order valence-electron chi connectivity index (χ2n) is 5.69. The molecule has 0 bridgehead atoms. The molecule has 1 heterocycles. The minimum atomic E-state index is -4.42. The number of likely N-dealkylation sites (tertiary alicyclic amines) is 1. The van der Waals surface area contributed by atoms with Gasteiger partial charge in [0.05, 0.1) is 17.5 Å². The molecule has 4 nitrogen and oxygen atoms in total. The Bertz CT molecular complexity index is 601. The predicted molar refractivity (Wildman–Crippen MR) is 78.4 cm³/mol. The highest BCUT2D eigenvalue weighted by Crippen LogP contribution is 2.30. The number of hydrogen-bond acceptors (Lipinski definition) is 2. The molecule has 23 heavy (non-hydrogen) atoms. The van der Waals surface area contributed by atoms with Crippen molar-refractivity contribution in [2.75, 3.05) is 13.1 Å². The molecule has 2 rings (SSSR count). The third-order valence-electron chi connectivity index (χ3n) is 4.04. The van der Waals surface area contributed by atoms with E-state index in [2.05, 4.69) is 5.32 Å². The van der Waals surface area contributed by atoms with Crippen molar-refractivity contribution >= 4 is 11.8 Å². The van der Waals surface area contributed by atoms with Crippen molar-refractivity contribution < 1.29 is 22.8 Å². The highest BCUT2D eigenvalue weighted by Gasteiger charge is 2.34. The molecular weight excluding hydrogens is 309 g/mol. The maximum Gasteiger partial charge on any atom is 0.416 e. The van der Waals surface area contributed by atoms with E-state index in [0.29, 0.717) is 18.7 Å². The lowest BCUT2D eigenvalue weighted by Gasteiger charge is -2.19. The molecule has 1 saturated heterocycles. The number of hydrogen-bond donors (Lipinski definition) is 1. The van der Waals surface area contributed by atoms with Gasteiger partial charge >= 0.3 is 6.18 Å². The number of nitrogens with zero attached hydrogens (tertiary/aromatic N) is 1. The standard InChI is InChI=1S/C16H19F3N2O2/c1-3-21-9-12(8-14(21)22)15(23)20-10(2)11-5-4-6-13(7-11)16(17,18)19/h4-7,10,12H,3,8-9H2,1-2H3,(H,20,23). The SMILES string of the molecule is CCN1CC(C(=O)NC(C)c2cccc(C(F)(F)F)c2)CC1=O. The van der Waals surface area contributed by atoms with Crippen LogP contribution in [0.3, 0.4) is 0 Å². The molecule has 2 amide bonds. The summed E-state index contributed by atoms with van der Waals surface area (Å²) in [6, 6.07) is 4.32. The number of halogens is 3. The molecule has 0 saturated carbocycles. The summed E-state index contributed by atoms with van der Waals surface area (Å²) >= 11 is 0. The maximum absolute atomic E-state index is 12.7. The van der Waals surface area contributed by atoms with Crippen LogP contribution >= 0.6 is 0 Å². The lowest BCUT2D eigenvalue weighted by atomic mass is 10.0. The third kappa shape index (κ3) is 4.03. The number of carbonyl (C=O) groups is 2. The van der Waals surface area contributed by atoms with Crippen LogP contribution in [0.5, 0.6) is 0 Å². The lowest BCUT2D eigenvalue weighted by Crippen LogP contribution is -2.34. The van der Waals surface area contributed by atoms with Gasteiger partial charge in [0.2, 0.25) is 11.8 Å². The highest BCUT2D eigenvalue weighted by molar-refractivity contribution is 5.89. The molecule has 1 N–H and O–H groups in total. The number of nitrogens with one attached hydrogen (secondary N) is 1. The van der Waals surface area contributed by atoms with Crippen LogP contribution in [-0.2, 0) is 15.8 Å². The van der Waals surface area contributed by atoms with E-state index >= 15 is 0 Å². The minimum absolute atomic E-state index is 0.0700. The molecular formula is C16H19F3N2O2. The van der Waals surface area contributed by atoms with E-state index in [4.69, 9.17) is 0 Å². The van der Waals surface area contributed by atoms with Crippen LogP contribution in [-0.4, -0.2) is 29.8 Å². The van der Waals surface area contributed by atoms with Crippen LogP contribution in [0.25, 0.3) is 0 Å². The molecule has 1 aromatic rings. The summed E-state index contributed by atoms with van der Waals surface area (Å²) in [6.45, 7) is 4.37. The van der Waals surface area contributed by atoms with Gasteiger partial charge in [0.15, 0.2) is 0 Å². The van der Waals surface area contributed by atoms with Gasteiger partial charge < -0.3 is 10.2 Å². The van der Waals surface area contributed by atoms with Crippen LogP contribution in [0, 0.1) is 5.92 Å². The zero-order valence-corrected chi connectivity index (χ0v) is 13.0. The van der Waals surface area contributed by atoms with Gasteiger partial charge in [-0.25, -0.2) is 0 Å². The van der Waals surface area contributed by atoms with Crippen LogP contribution < -0.4 is 5.32 Å². The van der Waals surface area contributed by atoms with E-state index in [1.807, 2.05) is 6.92 Å². The Morgan fingerprint density at radius 2 is 2.13 bits per heavy atom. The van der Waals surface area contributed by atoms with Crippen LogP contribution in [0.4, 0.5) is 13.2 Å². The largest absolute Gasteiger partial charge is 0.416 e. The quantitative estimate of drug-likeness (QED) is 0.924.